The maximum Gasteiger partial charge on any atom is 0.403 e. The summed E-state index contributed by atoms with van der Waals surface area (Å²) in [6, 6.07) is 0. The highest BCUT2D eigenvalue weighted by Gasteiger charge is 1.85. The molecule has 0 amide bonds. The van der Waals surface area contributed by atoms with Crippen LogP contribution in [-0.4, -0.2) is 12.0 Å². The average molecular weight is 126 g/mol. The van der Waals surface area contributed by atoms with E-state index in [-0.39, 0.29) is 6.15 Å². The van der Waals surface area contributed by atoms with Gasteiger partial charge in [-0.15, -0.1) is 0 Å². The summed E-state index contributed by atoms with van der Waals surface area (Å²) in [6.07, 6.45) is 0. The Hall–Kier alpha value is -0.280. The molecule has 0 radical (unpaired) electrons. The minimum absolute atomic E-state index is 0. The molecule has 0 aliphatic carbocycles. The van der Waals surface area contributed by atoms with Gasteiger partial charge in [0.2, 0.25) is 0 Å². The van der Waals surface area contributed by atoms with Crippen LogP contribution in [0.1, 0.15) is 6.92 Å². The van der Waals surface area contributed by atoms with Crippen LogP contribution in [0.2, 0.25) is 0 Å². The molecule has 0 atom stereocenters. The van der Waals surface area contributed by atoms with E-state index in [1.165, 1.54) is 0 Å². The first-order valence-electron chi connectivity index (χ1n) is 1.59. The lowest BCUT2D eigenvalue weighted by Gasteiger charge is -1.86. The second-order valence-electron chi connectivity index (χ2n) is 0.671. The molecule has 0 fully saturated rings. The predicted molar refractivity (Wildman–Crippen MR) is 27.9 cm³/mol. The number of halogens is 1. The van der Waals surface area contributed by atoms with E-state index in [4.69, 9.17) is 11.6 Å². The first-order chi connectivity index (χ1) is 2.77. The van der Waals surface area contributed by atoms with Gasteiger partial charge in [0.05, 0.1) is 6.61 Å². The van der Waals surface area contributed by atoms with Crippen LogP contribution in [0.25, 0.3) is 0 Å². The number of carbonyl (C=O) groups is 1. The lowest BCUT2D eigenvalue weighted by atomic mass is 10.9. The normalized spacial score (nSPS) is 6.57. The van der Waals surface area contributed by atoms with Gasteiger partial charge in [-0.3, -0.25) is 0 Å². The highest BCUT2D eigenvalue weighted by molar-refractivity contribution is 6.61. The molecule has 0 aromatic carbocycles. The fourth-order valence-corrected chi connectivity index (χ4v) is 0.223. The summed E-state index contributed by atoms with van der Waals surface area (Å²) in [5.41, 5.74) is -0.738. The minimum Gasteiger partial charge on any atom is -0.454 e. The molecule has 3 N–H and O–H groups in total. The van der Waals surface area contributed by atoms with Crippen molar-refractivity contribution in [2.45, 2.75) is 6.92 Å². The van der Waals surface area contributed by atoms with Gasteiger partial charge < -0.3 is 10.9 Å². The Kier molecular flexibility index (Phi) is 8.06. The Balaban J connectivity index is 0. The van der Waals surface area contributed by atoms with E-state index in [0.717, 1.165) is 0 Å². The zero-order chi connectivity index (χ0) is 4.99. The summed E-state index contributed by atoms with van der Waals surface area (Å²) in [7, 11) is 0. The van der Waals surface area contributed by atoms with Crippen molar-refractivity contribution in [1.82, 2.24) is 6.15 Å². The van der Waals surface area contributed by atoms with Gasteiger partial charge >= 0.3 is 5.43 Å². The Morgan fingerprint density at radius 1 is 1.86 bits per heavy atom. The van der Waals surface area contributed by atoms with E-state index < -0.39 is 5.43 Å². The molecule has 0 spiro atoms. The van der Waals surface area contributed by atoms with Crippen molar-refractivity contribution in [2.24, 2.45) is 0 Å². The van der Waals surface area contributed by atoms with Crippen LogP contribution in [0.15, 0.2) is 0 Å². The van der Waals surface area contributed by atoms with Crippen molar-refractivity contribution >= 4 is 17.0 Å². The standard InChI is InChI=1S/C3H5ClO2.H3N/c1-2-6-3(4)5;/h2H2,1H3;1H3. The van der Waals surface area contributed by atoms with Crippen LogP contribution in [0.4, 0.5) is 4.79 Å². The maximum atomic E-state index is 9.59. The van der Waals surface area contributed by atoms with Crippen LogP contribution in [0, 0.1) is 0 Å². The topological polar surface area (TPSA) is 61.3 Å². The molecule has 0 aromatic heterocycles. The number of hydrogen-bond acceptors (Lipinski definition) is 3. The van der Waals surface area contributed by atoms with Crippen molar-refractivity contribution in [3.05, 3.63) is 0 Å². The van der Waals surface area contributed by atoms with Crippen LogP contribution in [-0.2, 0) is 4.74 Å². The Morgan fingerprint density at radius 3 is 2.29 bits per heavy atom. The van der Waals surface area contributed by atoms with Gasteiger partial charge in [0.1, 0.15) is 0 Å². The Morgan fingerprint density at radius 2 is 2.29 bits per heavy atom. The van der Waals surface area contributed by atoms with Crippen LogP contribution in [0.3, 0.4) is 0 Å². The zero-order valence-corrected chi connectivity index (χ0v) is 4.86. The average Bonchev–Trinajstić information content (AvgIpc) is 1.35. The van der Waals surface area contributed by atoms with Crippen molar-refractivity contribution < 1.29 is 9.53 Å². The lowest BCUT2D eigenvalue weighted by Crippen LogP contribution is -1.89. The molecule has 4 heteroatoms. The van der Waals surface area contributed by atoms with Gasteiger partial charge in [0, 0.05) is 11.6 Å². The lowest BCUT2D eigenvalue weighted by molar-refractivity contribution is 0.180. The van der Waals surface area contributed by atoms with Gasteiger partial charge in [-0.2, -0.15) is 0 Å². The third kappa shape index (κ3) is 10.7. The molecule has 0 heterocycles. The summed E-state index contributed by atoms with van der Waals surface area (Å²) < 4.78 is 4.17. The quantitative estimate of drug-likeness (QED) is 0.541. The summed E-state index contributed by atoms with van der Waals surface area (Å²) >= 11 is 4.72. The van der Waals surface area contributed by atoms with E-state index in [2.05, 4.69) is 4.74 Å². The van der Waals surface area contributed by atoms with E-state index in [1.807, 2.05) is 0 Å². The molecule has 0 aliphatic rings. The van der Waals surface area contributed by atoms with E-state index in [9.17, 15) is 4.79 Å². The highest BCUT2D eigenvalue weighted by Crippen LogP contribution is 1.82. The molecule has 0 aromatic rings. The zero-order valence-electron chi connectivity index (χ0n) is 4.11. The molecule has 3 nitrogen and oxygen atoms in total. The van der Waals surface area contributed by atoms with Gasteiger partial charge in [-0.05, 0) is 6.92 Å². The van der Waals surface area contributed by atoms with Gasteiger partial charge in [0.25, 0.3) is 0 Å². The number of rotatable bonds is 1. The largest absolute Gasteiger partial charge is 0.454 e. The molecular formula is C3H8ClNO2. The van der Waals surface area contributed by atoms with Crippen molar-refractivity contribution in [1.29, 1.82) is 0 Å². The third-order valence-corrected chi connectivity index (χ3v) is 0.367. The maximum absolute atomic E-state index is 9.59. The first kappa shape index (κ1) is 9.87. The van der Waals surface area contributed by atoms with Gasteiger partial charge in [0.15, 0.2) is 0 Å². The Bertz CT molecular complexity index is 56.9. The van der Waals surface area contributed by atoms with E-state index >= 15 is 0 Å². The van der Waals surface area contributed by atoms with E-state index in [1.54, 1.807) is 6.92 Å². The molecule has 0 unspecified atom stereocenters. The highest BCUT2D eigenvalue weighted by atomic mass is 35.5. The van der Waals surface area contributed by atoms with Crippen molar-refractivity contribution in [2.75, 3.05) is 6.61 Å². The SMILES string of the molecule is CCOC(=O)Cl.N. The Labute approximate surface area is 47.2 Å². The number of hydrogen-bond donors (Lipinski definition) is 1. The van der Waals surface area contributed by atoms with Crippen LogP contribution in [0.5, 0.6) is 0 Å². The van der Waals surface area contributed by atoms with Crippen molar-refractivity contribution in [3.8, 4) is 0 Å². The van der Waals surface area contributed by atoms with E-state index in [0.29, 0.717) is 6.61 Å². The fraction of sp³-hybridized carbons (Fsp3) is 0.667. The monoisotopic (exact) mass is 125 g/mol. The summed E-state index contributed by atoms with van der Waals surface area (Å²) in [6.45, 7) is 2.04. The minimum atomic E-state index is -0.738. The number of ether oxygens (including phenoxy) is 1. The van der Waals surface area contributed by atoms with Gasteiger partial charge in [-0.1, -0.05) is 0 Å². The molecule has 44 valence electrons. The molecule has 0 aliphatic heterocycles. The molecule has 0 bridgehead atoms. The third-order valence-electron chi connectivity index (χ3n) is 0.258. The fourth-order valence-electron chi connectivity index (χ4n) is 0.113. The molecule has 0 saturated carbocycles. The molecule has 0 saturated heterocycles. The van der Waals surface area contributed by atoms with Gasteiger partial charge in [-0.25, -0.2) is 4.79 Å². The number of carbonyl (C=O) groups excluding carboxylic acids is 1. The molecular weight excluding hydrogens is 117 g/mol. The van der Waals surface area contributed by atoms with Crippen LogP contribution < -0.4 is 6.15 Å². The van der Waals surface area contributed by atoms with Crippen molar-refractivity contribution in [3.63, 3.8) is 0 Å². The second kappa shape index (κ2) is 5.72. The van der Waals surface area contributed by atoms with Crippen LogP contribution >= 0.6 is 11.6 Å². The smallest absolute Gasteiger partial charge is 0.403 e. The second-order valence-corrected chi connectivity index (χ2v) is 0.979. The molecule has 0 rings (SSSR count). The summed E-state index contributed by atoms with van der Waals surface area (Å²) in [4.78, 5) is 9.59. The molecule has 7 heavy (non-hydrogen) atoms. The predicted octanol–water partition coefficient (Wildman–Crippen LogP) is 1.54. The first-order valence-corrected chi connectivity index (χ1v) is 1.97. The summed E-state index contributed by atoms with van der Waals surface area (Å²) in [5.74, 6) is 0. The summed E-state index contributed by atoms with van der Waals surface area (Å²) in [5, 5.41) is 0.